The van der Waals surface area contributed by atoms with E-state index in [0.717, 1.165) is 59.5 Å². The summed E-state index contributed by atoms with van der Waals surface area (Å²) in [6.07, 6.45) is 3.66. The van der Waals surface area contributed by atoms with E-state index < -0.39 is 12.8 Å². The van der Waals surface area contributed by atoms with Gasteiger partial charge in [0.1, 0.15) is 0 Å². The molecule has 0 atom stereocenters. The molecule has 0 bridgehead atoms. The van der Waals surface area contributed by atoms with Gasteiger partial charge in [0.25, 0.3) is 0 Å². The van der Waals surface area contributed by atoms with Gasteiger partial charge in [0.2, 0.25) is 6.43 Å². The van der Waals surface area contributed by atoms with Gasteiger partial charge >= 0.3 is 0 Å². The van der Waals surface area contributed by atoms with Gasteiger partial charge in [-0.25, -0.2) is 13.8 Å². The zero-order valence-electron chi connectivity index (χ0n) is 18.8. The molecule has 8 heteroatoms. The van der Waals surface area contributed by atoms with Crippen molar-refractivity contribution < 1.29 is 13.5 Å². The van der Waals surface area contributed by atoms with Crippen molar-refractivity contribution in [3.8, 4) is 0 Å². The van der Waals surface area contributed by atoms with Crippen molar-refractivity contribution in [2.75, 3.05) is 18.5 Å². The summed E-state index contributed by atoms with van der Waals surface area (Å²) >= 11 is 2.33. The van der Waals surface area contributed by atoms with E-state index in [1.165, 1.54) is 18.0 Å². The second-order valence-corrected chi connectivity index (χ2v) is 10.1. The Kier molecular flexibility index (Phi) is 7.33. The largest absolute Gasteiger partial charge is 0.381 e. The molecule has 33 heavy (non-hydrogen) atoms. The Morgan fingerprint density at radius 2 is 1.85 bits per heavy atom. The standard InChI is InChI=1S/C25H29F2IN4O/c1-16-14-25(3,15-17(2)32(16)18-7-11-33-12-8-18)19-5-4-6-20(23(19)28)31-24-21(13-22(26)27)29-9-10-30-24/h4-6,9-10,18,22H,1-2,7-8,11-15H2,3H3,(H,30,31). The summed E-state index contributed by atoms with van der Waals surface area (Å²) in [6.45, 7) is 12.6. The molecule has 1 N–H and O–H groups in total. The lowest BCUT2D eigenvalue weighted by Crippen LogP contribution is -2.44. The molecule has 2 saturated heterocycles. The second kappa shape index (κ2) is 10.0. The van der Waals surface area contributed by atoms with E-state index in [2.05, 4.69) is 68.9 Å². The molecule has 0 amide bonds. The topological polar surface area (TPSA) is 50.3 Å². The summed E-state index contributed by atoms with van der Waals surface area (Å²) in [5, 5.41) is 3.24. The lowest BCUT2D eigenvalue weighted by atomic mass is 9.72. The number of hydrogen-bond donors (Lipinski definition) is 1. The monoisotopic (exact) mass is 566 g/mol. The van der Waals surface area contributed by atoms with Crippen molar-refractivity contribution in [1.29, 1.82) is 0 Å². The maximum atomic E-state index is 13.0. The fraction of sp³-hybridized carbons (Fsp3) is 0.440. The average molecular weight is 566 g/mol. The quantitative estimate of drug-likeness (QED) is 0.423. The number of nitrogens with one attached hydrogen (secondary N) is 1. The Bertz CT molecular complexity index is 1020. The molecule has 2 aliphatic heterocycles. The highest BCUT2D eigenvalue weighted by atomic mass is 127. The van der Waals surface area contributed by atoms with E-state index in [9.17, 15) is 8.78 Å². The predicted octanol–water partition coefficient (Wildman–Crippen LogP) is 6.19. The summed E-state index contributed by atoms with van der Waals surface area (Å²) in [7, 11) is 0. The Morgan fingerprint density at radius 1 is 1.18 bits per heavy atom. The fourth-order valence-electron chi connectivity index (χ4n) is 5.00. The highest BCUT2D eigenvalue weighted by molar-refractivity contribution is 14.1. The molecule has 5 nitrogen and oxygen atoms in total. The van der Waals surface area contributed by atoms with E-state index in [-0.39, 0.29) is 11.1 Å². The minimum absolute atomic E-state index is 0.168. The molecule has 2 aliphatic rings. The van der Waals surface area contributed by atoms with Crippen LogP contribution in [0.25, 0.3) is 0 Å². The van der Waals surface area contributed by atoms with Crippen molar-refractivity contribution >= 4 is 34.1 Å². The van der Waals surface area contributed by atoms with Gasteiger partial charge in [0.05, 0.1) is 17.8 Å². The fourth-order valence-corrected chi connectivity index (χ4v) is 6.14. The van der Waals surface area contributed by atoms with Gasteiger partial charge in [-0.1, -0.05) is 32.2 Å². The SMILES string of the molecule is C=C1CC(C)(c2cccc(Nc3nccnc3CC(F)F)c2I)CC(=C)N1C1CCOCC1. The first-order valence-corrected chi connectivity index (χ1v) is 12.2. The smallest absolute Gasteiger partial charge is 0.244 e. The van der Waals surface area contributed by atoms with Crippen LogP contribution < -0.4 is 5.32 Å². The van der Waals surface area contributed by atoms with Crippen LogP contribution in [0.2, 0.25) is 0 Å². The normalized spacial score (nSPS) is 19.2. The molecule has 0 radical (unpaired) electrons. The molecule has 0 unspecified atom stereocenters. The number of benzene rings is 1. The lowest BCUT2D eigenvalue weighted by Gasteiger charge is -2.48. The zero-order chi connectivity index (χ0) is 23.6. The first-order valence-electron chi connectivity index (χ1n) is 11.1. The van der Waals surface area contributed by atoms with E-state index in [1.54, 1.807) is 0 Å². The summed E-state index contributed by atoms with van der Waals surface area (Å²) < 4.78 is 32.5. The number of aromatic nitrogens is 2. The molecule has 4 rings (SSSR count). The van der Waals surface area contributed by atoms with Crippen LogP contribution in [0.3, 0.4) is 0 Å². The molecule has 2 aromatic rings. The van der Waals surface area contributed by atoms with E-state index >= 15 is 0 Å². The first kappa shape index (κ1) is 24.1. The van der Waals surface area contributed by atoms with Crippen molar-refractivity contribution in [1.82, 2.24) is 14.9 Å². The van der Waals surface area contributed by atoms with Gasteiger partial charge in [-0.05, 0) is 59.9 Å². The number of anilines is 2. The van der Waals surface area contributed by atoms with Gasteiger partial charge in [-0.3, -0.25) is 4.98 Å². The Hall–Kier alpha value is -2.07. The van der Waals surface area contributed by atoms with Crippen LogP contribution in [-0.4, -0.2) is 40.5 Å². The van der Waals surface area contributed by atoms with Gasteiger partial charge < -0.3 is 15.0 Å². The summed E-state index contributed by atoms with van der Waals surface area (Å²) in [5.41, 5.74) is 4.27. The maximum absolute atomic E-state index is 13.0. The number of nitrogens with zero attached hydrogens (tertiary/aromatic N) is 3. The third-order valence-electron chi connectivity index (χ3n) is 6.45. The molecule has 3 heterocycles. The number of alkyl halides is 2. The number of halogens is 3. The molecule has 176 valence electrons. The van der Waals surface area contributed by atoms with Crippen molar-refractivity contribution in [3.63, 3.8) is 0 Å². The molecule has 0 spiro atoms. The third kappa shape index (κ3) is 5.21. The Morgan fingerprint density at radius 3 is 2.52 bits per heavy atom. The van der Waals surface area contributed by atoms with Gasteiger partial charge in [0.15, 0.2) is 5.82 Å². The number of piperidine rings is 1. The molecule has 1 aromatic carbocycles. The highest BCUT2D eigenvalue weighted by Gasteiger charge is 2.39. The minimum Gasteiger partial charge on any atom is -0.381 e. The first-order chi connectivity index (χ1) is 15.8. The van der Waals surface area contributed by atoms with Crippen LogP contribution in [0.15, 0.2) is 55.1 Å². The summed E-state index contributed by atoms with van der Waals surface area (Å²) in [6, 6.07) is 6.47. The maximum Gasteiger partial charge on any atom is 0.244 e. The van der Waals surface area contributed by atoms with Crippen LogP contribution in [0.4, 0.5) is 20.3 Å². The Labute approximate surface area is 207 Å². The van der Waals surface area contributed by atoms with Crippen molar-refractivity contribution in [3.05, 3.63) is 70.0 Å². The van der Waals surface area contributed by atoms with E-state index in [4.69, 9.17) is 4.74 Å². The number of allylic oxidation sites excluding steroid dienone is 2. The van der Waals surface area contributed by atoms with E-state index in [1.807, 2.05) is 12.1 Å². The summed E-state index contributed by atoms with van der Waals surface area (Å²) in [5.74, 6) is 0.362. The van der Waals surface area contributed by atoms with Crippen LogP contribution in [0.1, 0.15) is 43.9 Å². The Balaban J connectivity index is 1.59. The lowest BCUT2D eigenvalue weighted by molar-refractivity contribution is 0.0475. The zero-order valence-corrected chi connectivity index (χ0v) is 20.9. The van der Waals surface area contributed by atoms with Crippen LogP contribution in [0.5, 0.6) is 0 Å². The summed E-state index contributed by atoms with van der Waals surface area (Å²) in [4.78, 5) is 10.7. The molecule has 2 fully saturated rings. The number of hydrogen-bond acceptors (Lipinski definition) is 5. The van der Waals surface area contributed by atoms with Gasteiger partial charge in [0, 0.05) is 52.0 Å². The van der Waals surface area contributed by atoms with Crippen molar-refractivity contribution in [2.45, 2.75) is 56.9 Å². The second-order valence-electron chi connectivity index (χ2n) is 9.00. The predicted molar refractivity (Wildman–Crippen MR) is 135 cm³/mol. The molecule has 0 saturated carbocycles. The highest BCUT2D eigenvalue weighted by Crippen LogP contribution is 2.47. The van der Waals surface area contributed by atoms with E-state index in [0.29, 0.717) is 11.9 Å². The molecular formula is C25H29F2IN4O. The minimum atomic E-state index is -2.48. The third-order valence-corrected chi connectivity index (χ3v) is 7.61. The van der Waals surface area contributed by atoms with Crippen LogP contribution >= 0.6 is 22.6 Å². The molecular weight excluding hydrogens is 537 g/mol. The van der Waals surface area contributed by atoms with Crippen LogP contribution in [-0.2, 0) is 16.6 Å². The number of rotatable bonds is 6. The molecule has 0 aliphatic carbocycles. The molecule has 1 aromatic heterocycles. The van der Waals surface area contributed by atoms with Gasteiger partial charge in [-0.15, -0.1) is 0 Å². The average Bonchev–Trinajstić information content (AvgIpc) is 2.76. The van der Waals surface area contributed by atoms with Crippen LogP contribution in [0, 0.1) is 3.57 Å². The number of ether oxygens (including phenoxy) is 1. The number of likely N-dealkylation sites (tertiary alicyclic amines) is 1. The van der Waals surface area contributed by atoms with Crippen molar-refractivity contribution in [2.24, 2.45) is 0 Å². The van der Waals surface area contributed by atoms with Gasteiger partial charge in [-0.2, -0.15) is 0 Å².